The quantitative estimate of drug-likeness (QED) is 0.332. The Kier molecular flexibility index (Phi) is 7.15. The third-order valence-electron chi connectivity index (χ3n) is 5.12. The van der Waals surface area contributed by atoms with Gasteiger partial charge in [0.25, 0.3) is 5.66 Å². The number of aliphatic hydroxyl groups excluding tert-OH is 1. The van der Waals surface area contributed by atoms with Crippen LogP contribution in [0.5, 0.6) is 5.75 Å². The van der Waals surface area contributed by atoms with Crippen LogP contribution in [-0.4, -0.2) is 11.7 Å². The molecule has 1 atom stereocenters. The molecule has 1 aliphatic carbocycles. The number of halogens is 4. The van der Waals surface area contributed by atoms with Gasteiger partial charge in [0.2, 0.25) is 0 Å². The summed E-state index contributed by atoms with van der Waals surface area (Å²) >= 11 is 5.84. The fourth-order valence-electron chi connectivity index (χ4n) is 3.65. The molecule has 0 heterocycles. The highest BCUT2D eigenvalue weighted by Gasteiger charge is 2.28. The average molecular weight is 455 g/mol. The Morgan fingerprint density at radius 2 is 1.97 bits per heavy atom. The summed E-state index contributed by atoms with van der Waals surface area (Å²) in [6.07, 6.45) is 2.84. The first kappa shape index (κ1) is 22.7. The molecule has 30 heavy (non-hydrogen) atoms. The topological polar surface area (TPSA) is 29.5 Å². The first-order valence-corrected chi connectivity index (χ1v) is 10.6. The van der Waals surface area contributed by atoms with Gasteiger partial charge in [0.15, 0.2) is 0 Å². The Labute approximate surface area is 181 Å². The molecule has 0 radical (unpaired) electrons. The number of allylic oxidation sites excluding steroid dienone is 2. The van der Waals surface area contributed by atoms with Crippen LogP contribution >= 0.6 is 20.8 Å². The predicted octanol–water partition coefficient (Wildman–Crippen LogP) is 7.42. The van der Waals surface area contributed by atoms with Crippen molar-refractivity contribution in [3.05, 3.63) is 81.8 Å². The molecule has 1 unspecified atom stereocenters. The van der Waals surface area contributed by atoms with E-state index >= 15 is 0 Å². The molecule has 2 aromatic rings. The normalized spacial score (nSPS) is 14.3. The van der Waals surface area contributed by atoms with E-state index in [1.165, 1.54) is 21.4 Å². The summed E-state index contributed by atoms with van der Waals surface area (Å²) in [7, 11) is 1.54. The standard InChI is InChI=1S/C23H23ClF3O2P/c1-14(28)5-6-15-7-9-18(12-21(15)23(26,27)30)29-13-16-3-2-4-19(16)20-10-8-17(24)11-22(20)25/h7-12,28H,1-6,13,30H2. The summed E-state index contributed by atoms with van der Waals surface area (Å²) < 4.78 is 48.3. The van der Waals surface area contributed by atoms with Crippen LogP contribution < -0.4 is 4.74 Å². The molecule has 0 spiro atoms. The van der Waals surface area contributed by atoms with Crippen molar-refractivity contribution < 1.29 is 23.0 Å². The van der Waals surface area contributed by atoms with Crippen molar-refractivity contribution in [2.24, 2.45) is 0 Å². The van der Waals surface area contributed by atoms with Crippen LogP contribution in [0.25, 0.3) is 5.57 Å². The molecule has 0 aliphatic heterocycles. The lowest BCUT2D eigenvalue weighted by atomic mass is 10.0. The van der Waals surface area contributed by atoms with E-state index in [0.29, 0.717) is 21.9 Å². The van der Waals surface area contributed by atoms with Gasteiger partial charge >= 0.3 is 0 Å². The van der Waals surface area contributed by atoms with Gasteiger partial charge in [-0.3, -0.25) is 0 Å². The van der Waals surface area contributed by atoms with Crippen molar-refractivity contribution in [1.29, 1.82) is 0 Å². The van der Waals surface area contributed by atoms with Crippen molar-refractivity contribution in [3.63, 3.8) is 0 Å². The highest BCUT2D eigenvalue weighted by atomic mass is 35.5. The van der Waals surface area contributed by atoms with Crippen LogP contribution in [0, 0.1) is 5.82 Å². The number of rotatable bonds is 8. The molecule has 0 aromatic heterocycles. The van der Waals surface area contributed by atoms with Gasteiger partial charge in [0.05, 0.1) is 5.76 Å². The first-order chi connectivity index (χ1) is 14.1. The van der Waals surface area contributed by atoms with Crippen molar-refractivity contribution in [3.8, 4) is 5.75 Å². The maximum absolute atomic E-state index is 14.3. The van der Waals surface area contributed by atoms with Gasteiger partial charge in [-0.25, -0.2) is 4.39 Å². The summed E-state index contributed by atoms with van der Waals surface area (Å²) in [6.45, 7) is 3.60. The monoisotopic (exact) mass is 454 g/mol. The van der Waals surface area contributed by atoms with E-state index in [0.717, 1.165) is 30.4 Å². The Balaban J connectivity index is 1.81. The molecule has 0 saturated heterocycles. The van der Waals surface area contributed by atoms with Gasteiger partial charge in [-0.2, -0.15) is 8.78 Å². The number of ether oxygens (including phenoxy) is 1. The van der Waals surface area contributed by atoms with Crippen molar-refractivity contribution in [2.45, 2.75) is 37.8 Å². The molecule has 0 amide bonds. The van der Waals surface area contributed by atoms with E-state index in [4.69, 9.17) is 16.3 Å². The summed E-state index contributed by atoms with van der Waals surface area (Å²) in [5, 5.41) is 9.61. The van der Waals surface area contributed by atoms with E-state index in [1.807, 2.05) is 0 Å². The van der Waals surface area contributed by atoms with E-state index in [-0.39, 0.29) is 36.6 Å². The minimum absolute atomic E-state index is 0.0523. The smallest absolute Gasteiger partial charge is 0.284 e. The largest absolute Gasteiger partial charge is 0.513 e. The Morgan fingerprint density at radius 3 is 2.63 bits per heavy atom. The van der Waals surface area contributed by atoms with Gasteiger partial charge in [-0.05, 0) is 66.7 Å². The minimum atomic E-state index is -3.13. The van der Waals surface area contributed by atoms with E-state index in [1.54, 1.807) is 24.3 Å². The van der Waals surface area contributed by atoms with Crippen LogP contribution in [0.3, 0.4) is 0 Å². The summed E-state index contributed by atoms with van der Waals surface area (Å²) in [5.74, 6) is -0.117. The molecule has 0 bridgehead atoms. The molecule has 160 valence electrons. The zero-order chi connectivity index (χ0) is 21.9. The second-order valence-electron chi connectivity index (χ2n) is 7.36. The van der Waals surface area contributed by atoms with E-state index in [9.17, 15) is 18.3 Å². The number of hydrogen-bond donors (Lipinski definition) is 1. The van der Waals surface area contributed by atoms with Crippen LogP contribution in [0.15, 0.2) is 54.3 Å². The van der Waals surface area contributed by atoms with Gasteiger partial charge in [-0.1, -0.05) is 39.6 Å². The van der Waals surface area contributed by atoms with Crippen molar-refractivity contribution in [1.82, 2.24) is 0 Å². The molecular weight excluding hydrogens is 432 g/mol. The number of aliphatic hydroxyl groups is 1. The van der Waals surface area contributed by atoms with Crippen LogP contribution in [0.2, 0.25) is 5.02 Å². The minimum Gasteiger partial charge on any atom is -0.513 e. The van der Waals surface area contributed by atoms with Crippen LogP contribution in [-0.2, 0) is 12.1 Å². The van der Waals surface area contributed by atoms with Crippen LogP contribution in [0.1, 0.15) is 42.4 Å². The molecule has 0 fully saturated rings. The summed E-state index contributed by atoms with van der Waals surface area (Å²) in [6, 6.07) is 9.13. The van der Waals surface area contributed by atoms with Gasteiger partial charge in [-0.15, -0.1) is 0 Å². The second-order valence-corrected chi connectivity index (χ2v) is 8.52. The Hall–Kier alpha value is -1.97. The molecule has 1 aliphatic rings. The number of hydrogen-bond acceptors (Lipinski definition) is 2. The van der Waals surface area contributed by atoms with Gasteiger partial charge in [0.1, 0.15) is 18.2 Å². The van der Waals surface area contributed by atoms with Crippen molar-refractivity contribution in [2.75, 3.05) is 6.61 Å². The molecule has 0 saturated carbocycles. The molecule has 1 N–H and O–H groups in total. The maximum atomic E-state index is 14.3. The maximum Gasteiger partial charge on any atom is 0.284 e. The first-order valence-electron chi connectivity index (χ1n) is 9.61. The summed E-state index contributed by atoms with van der Waals surface area (Å²) in [5.41, 5.74) is -0.533. The third-order valence-corrected chi connectivity index (χ3v) is 5.67. The van der Waals surface area contributed by atoms with Crippen molar-refractivity contribution >= 4 is 26.4 Å². The van der Waals surface area contributed by atoms with Gasteiger partial charge < -0.3 is 9.84 Å². The zero-order valence-electron chi connectivity index (χ0n) is 16.4. The predicted molar refractivity (Wildman–Crippen MR) is 118 cm³/mol. The molecule has 3 rings (SSSR count). The molecule has 2 nitrogen and oxygen atoms in total. The molecule has 2 aromatic carbocycles. The highest BCUT2D eigenvalue weighted by molar-refractivity contribution is 7.17. The Morgan fingerprint density at radius 1 is 1.20 bits per heavy atom. The third kappa shape index (κ3) is 5.59. The fourth-order valence-corrected chi connectivity index (χ4v) is 4.08. The average Bonchev–Trinajstić information content (AvgIpc) is 3.12. The van der Waals surface area contributed by atoms with E-state index < -0.39 is 5.66 Å². The fraction of sp³-hybridized carbons (Fsp3) is 0.304. The highest BCUT2D eigenvalue weighted by Crippen LogP contribution is 2.40. The zero-order valence-corrected chi connectivity index (χ0v) is 18.3. The molecule has 7 heteroatoms. The van der Waals surface area contributed by atoms with Gasteiger partial charge in [0, 0.05) is 22.6 Å². The lowest BCUT2D eigenvalue weighted by Crippen LogP contribution is -2.09. The second kappa shape index (κ2) is 9.45. The number of alkyl halides is 2. The SMILES string of the molecule is C=C(O)CCc1ccc(OCC2=C(c3ccc(Cl)cc3F)CCC2)cc1C(F)(F)P. The summed E-state index contributed by atoms with van der Waals surface area (Å²) in [4.78, 5) is 0. The molecular formula is C23H23ClF3O2P. The number of benzene rings is 2. The lowest BCUT2D eigenvalue weighted by molar-refractivity contribution is 0.102. The number of aryl methyl sites for hydroxylation is 1. The van der Waals surface area contributed by atoms with E-state index in [2.05, 4.69) is 6.58 Å². The van der Waals surface area contributed by atoms with Crippen LogP contribution in [0.4, 0.5) is 13.2 Å². The Bertz CT molecular complexity index is 983. The lowest BCUT2D eigenvalue weighted by Gasteiger charge is -2.18.